The van der Waals surface area contributed by atoms with Crippen LogP contribution < -0.4 is 5.32 Å². The summed E-state index contributed by atoms with van der Waals surface area (Å²) in [7, 11) is 0. The molecule has 120 valence electrons. The molecule has 0 aromatic heterocycles. The predicted molar refractivity (Wildman–Crippen MR) is 93.6 cm³/mol. The van der Waals surface area contributed by atoms with Crippen molar-refractivity contribution in [3.05, 3.63) is 58.6 Å². The standard InChI is InChI=1S/C17H16ClNO3S/c1-3-22-17(21)12-6-4-5-7-15(12)19-16(20)13-10-11(23-2)8-9-14(13)18/h4-10H,3H2,1-2H3,(H,19,20). The number of esters is 1. The monoisotopic (exact) mass is 349 g/mol. The molecule has 0 aliphatic carbocycles. The van der Waals surface area contributed by atoms with Gasteiger partial charge in [-0.1, -0.05) is 23.7 Å². The summed E-state index contributed by atoms with van der Waals surface area (Å²) in [6, 6.07) is 11.9. The summed E-state index contributed by atoms with van der Waals surface area (Å²) in [5.74, 6) is -0.852. The van der Waals surface area contributed by atoms with E-state index in [-0.39, 0.29) is 12.5 Å². The number of benzene rings is 2. The van der Waals surface area contributed by atoms with Crippen LogP contribution in [0.2, 0.25) is 5.02 Å². The van der Waals surface area contributed by atoms with E-state index in [1.807, 2.05) is 12.3 Å². The van der Waals surface area contributed by atoms with Crippen molar-refractivity contribution < 1.29 is 14.3 Å². The topological polar surface area (TPSA) is 55.4 Å². The van der Waals surface area contributed by atoms with E-state index in [1.165, 1.54) is 11.8 Å². The number of halogens is 1. The van der Waals surface area contributed by atoms with Gasteiger partial charge >= 0.3 is 5.97 Å². The molecule has 0 aliphatic rings. The van der Waals surface area contributed by atoms with Crippen LogP contribution in [0.25, 0.3) is 0 Å². The Kier molecular flexibility index (Phi) is 6.07. The molecule has 1 N–H and O–H groups in total. The van der Waals surface area contributed by atoms with E-state index >= 15 is 0 Å². The summed E-state index contributed by atoms with van der Waals surface area (Å²) in [5.41, 5.74) is 1.05. The average molecular weight is 350 g/mol. The zero-order valence-electron chi connectivity index (χ0n) is 12.8. The molecule has 0 spiro atoms. The highest BCUT2D eigenvalue weighted by Crippen LogP contribution is 2.25. The fraction of sp³-hybridized carbons (Fsp3) is 0.176. The molecule has 1 amide bonds. The van der Waals surface area contributed by atoms with E-state index in [0.717, 1.165) is 4.90 Å². The van der Waals surface area contributed by atoms with Crippen LogP contribution in [-0.2, 0) is 4.74 Å². The van der Waals surface area contributed by atoms with Crippen LogP contribution in [0.15, 0.2) is 47.4 Å². The van der Waals surface area contributed by atoms with Gasteiger partial charge in [-0.05, 0) is 43.5 Å². The number of ether oxygens (including phenoxy) is 1. The molecule has 0 heterocycles. The largest absolute Gasteiger partial charge is 0.462 e. The Morgan fingerprint density at radius 2 is 1.91 bits per heavy atom. The van der Waals surface area contributed by atoms with Gasteiger partial charge in [0.15, 0.2) is 0 Å². The molecule has 0 saturated carbocycles. The first-order chi connectivity index (χ1) is 11.1. The molecule has 0 radical (unpaired) electrons. The smallest absolute Gasteiger partial charge is 0.340 e. The lowest BCUT2D eigenvalue weighted by molar-refractivity contribution is 0.0527. The number of carbonyl (C=O) groups excluding carboxylic acids is 2. The summed E-state index contributed by atoms with van der Waals surface area (Å²) in [5, 5.41) is 3.08. The van der Waals surface area contributed by atoms with Crippen LogP contribution in [0.4, 0.5) is 5.69 Å². The van der Waals surface area contributed by atoms with E-state index in [1.54, 1.807) is 43.3 Å². The summed E-state index contributed by atoms with van der Waals surface area (Å²) >= 11 is 7.62. The van der Waals surface area contributed by atoms with Gasteiger partial charge in [-0.15, -0.1) is 11.8 Å². The van der Waals surface area contributed by atoms with Crippen LogP contribution in [0, 0.1) is 0 Å². The predicted octanol–water partition coefficient (Wildman–Crippen LogP) is 4.49. The van der Waals surface area contributed by atoms with E-state index in [9.17, 15) is 9.59 Å². The summed E-state index contributed by atoms with van der Waals surface area (Å²) in [6.07, 6.45) is 1.92. The minimum atomic E-state index is -0.479. The molecule has 2 aromatic rings. The number of hydrogen-bond donors (Lipinski definition) is 1. The third-order valence-electron chi connectivity index (χ3n) is 3.09. The zero-order valence-corrected chi connectivity index (χ0v) is 14.3. The molecule has 0 aliphatic heterocycles. The molecular weight excluding hydrogens is 334 g/mol. The van der Waals surface area contributed by atoms with Crippen LogP contribution in [0.3, 0.4) is 0 Å². The quantitative estimate of drug-likeness (QED) is 0.638. The molecular formula is C17H16ClNO3S. The first-order valence-corrected chi connectivity index (χ1v) is 8.58. The molecule has 2 aromatic carbocycles. The Morgan fingerprint density at radius 1 is 1.17 bits per heavy atom. The Morgan fingerprint density at radius 3 is 2.61 bits per heavy atom. The number of rotatable bonds is 5. The van der Waals surface area contributed by atoms with Crippen molar-refractivity contribution >= 4 is 40.9 Å². The lowest BCUT2D eigenvalue weighted by Crippen LogP contribution is -2.16. The van der Waals surface area contributed by atoms with E-state index < -0.39 is 5.97 Å². The fourth-order valence-electron chi connectivity index (χ4n) is 1.97. The summed E-state index contributed by atoms with van der Waals surface area (Å²) in [6.45, 7) is 2.00. The summed E-state index contributed by atoms with van der Waals surface area (Å²) in [4.78, 5) is 25.4. The van der Waals surface area contributed by atoms with E-state index in [0.29, 0.717) is 21.8 Å². The number of amides is 1. The first-order valence-electron chi connectivity index (χ1n) is 6.97. The lowest BCUT2D eigenvalue weighted by atomic mass is 10.1. The van der Waals surface area contributed by atoms with Gasteiger partial charge in [-0.3, -0.25) is 4.79 Å². The Bertz CT molecular complexity index is 734. The van der Waals surface area contributed by atoms with Gasteiger partial charge < -0.3 is 10.1 Å². The third-order valence-corrected chi connectivity index (χ3v) is 4.14. The van der Waals surface area contributed by atoms with E-state index in [2.05, 4.69) is 5.32 Å². The zero-order chi connectivity index (χ0) is 16.8. The van der Waals surface area contributed by atoms with Gasteiger partial charge in [0.1, 0.15) is 0 Å². The van der Waals surface area contributed by atoms with Gasteiger partial charge in [-0.25, -0.2) is 4.79 Å². The molecule has 0 bridgehead atoms. The molecule has 0 saturated heterocycles. The normalized spacial score (nSPS) is 10.2. The third kappa shape index (κ3) is 4.27. The molecule has 0 unspecified atom stereocenters. The second-order valence-corrected chi connectivity index (χ2v) is 5.85. The molecule has 4 nitrogen and oxygen atoms in total. The lowest BCUT2D eigenvalue weighted by Gasteiger charge is -2.11. The maximum Gasteiger partial charge on any atom is 0.340 e. The van der Waals surface area contributed by atoms with Crippen LogP contribution in [0.1, 0.15) is 27.6 Å². The maximum atomic E-state index is 12.5. The van der Waals surface area contributed by atoms with Crippen molar-refractivity contribution in [3.8, 4) is 0 Å². The Hall–Kier alpha value is -1.98. The summed E-state index contributed by atoms with van der Waals surface area (Å²) < 4.78 is 5.00. The molecule has 0 atom stereocenters. The average Bonchev–Trinajstić information content (AvgIpc) is 2.56. The van der Waals surface area contributed by atoms with Crippen molar-refractivity contribution in [1.29, 1.82) is 0 Å². The minimum Gasteiger partial charge on any atom is -0.462 e. The Labute approximate surface area is 144 Å². The second-order valence-electron chi connectivity index (χ2n) is 4.57. The number of hydrogen-bond acceptors (Lipinski definition) is 4. The number of nitrogens with one attached hydrogen (secondary N) is 1. The van der Waals surface area contributed by atoms with Gasteiger partial charge in [0, 0.05) is 4.90 Å². The molecule has 6 heteroatoms. The number of thioether (sulfide) groups is 1. The highest BCUT2D eigenvalue weighted by molar-refractivity contribution is 7.98. The van der Waals surface area contributed by atoms with Gasteiger partial charge in [-0.2, -0.15) is 0 Å². The van der Waals surface area contributed by atoms with E-state index in [4.69, 9.17) is 16.3 Å². The van der Waals surface area contributed by atoms with Crippen molar-refractivity contribution in [2.75, 3.05) is 18.2 Å². The van der Waals surface area contributed by atoms with Crippen molar-refractivity contribution in [1.82, 2.24) is 0 Å². The number of para-hydroxylation sites is 1. The van der Waals surface area contributed by atoms with Crippen LogP contribution in [-0.4, -0.2) is 24.7 Å². The second kappa shape index (κ2) is 8.04. The SMILES string of the molecule is CCOC(=O)c1ccccc1NC(=O)c1cc(SC)ccc1Cl. The highest BCUT2D eigenvalue weighted by atomic mass is 35.5. The van der Waals surface area contributed by atoms with Crippen molar-refractivity contribution in [2.45, 2.75) is 11.8 Å². The van der Waals surface area contributed by atoms with Crippen molar-refractivity contribution in [2.24, 2.45) is 0 Å². The molecule has 23 heavy (non-hydrogen) atoms. The first kappa shape index (κ1) is 17.4. The van der Waals surface area contributed by atoms with Gasteiger partial charge in [0.25, 0.3) is 5.91 Å². The number of carbonyl (C=O) groups is 2. The molecule has 0 fully saturated rings. The number of anilines is 1. The highest BCUT2D eigenvalue weighted by Gasteiger charge is 2.16. The fourth-order valence-corrected chi connectivity index (χ4v) is 2.62. The maximum absolute atomic E-state index is 12.5. The van der Waals surface area contributed by atoms with Crippen LogP contribution >= 0.6 is 23.4 Å². The van der Waals surface area contributed by atoms with Gasteiger partial charge in [0.2, 0.25) is 0 Å². The molecule has 2 rings (SSSR count). The van der Waals surface area contributed by atoms with Gasteiger partial charge in [0.05, 0.1) is 28.4 Å². The Balaban J connectivity index is 2.29. The van der Waals surface area contributed by atoms with Crippen LogP contribution in [0.5, 0.6) is 0 Å². The van der Waals surface area contributed by atoms with Crippen molar-refractivity contribution in [3.63, 3.8) is 0 Å². The minimum absolute atomic E-state index is 0.267.